The van der Waals surface area contributed by atoms with E-state index in [1.807, 2.05) is 45.0 Å². The summed E-state index contributed by atoms with van der Waals surface area (Å²) in [5.74, 6) is -0.816. The summed E-state index contributed by atoms with van der Waals surface area (Å²) in [6, 6.07) is 16.4. The minimum Gasteiger partial charge on any atom is -0.481 e. The van der Waals surface area contributed by atoms with Gasteiger partial charge >= 0.3 is 12.1 Å². The van der Waals surface area contributed by atoms with E-state index < -0.39 is 17.5 Å². The Bertz CT molecular complexity index is 1000. The Hall–Kier alpha value is -3.35. The van der Waals surface area contributed by atoms with Gasteiger partial charge in [-0.1, -0.05) is 62.4 Å². The van der Waals surface area contributed by atoms with Crippen molar-refractivity contribution in [1.82, 2.24) is 10.2 Å². The molecule has 0 bridgehead atoms. The van der Waals surface area contributed by atoms with Gasteiger partial charge in [0, 0.05) is 38.4 Å². The average molecular weight is 481 g/mol. The maximum Gasteiger partial charge on any atom is 0.407 e. The van der Waals surface area contributed by atoms with Crippen molar-refractivity contribution in [1.29, 1.82) is 0 Å². The van der Waals surface area contributed by atoms with Crippen LogP contribution in [-0.4, -0.2) is 54.2 Å². The number of carboxylic acid groups (broad SMARTS) is 1. The molecule has 2 amide bonds. The van der Waals surface area contributed by atoms with Gasteiger partial charge in [-0.05, 0) is 47.4 Å². The number of unbranched alkanes of at least 4 members (excludes halogenated alkanes) is 1. The first-order valence-corrected chi connectivity index (χ1v) is 12.3. The number of alkyl carbamates (subject to hydrolysis) is 1. The number of amides is 2. The molecule has 3 rings (SSSR count). The summed E-state index contributed by atoms with van der Waals surface area (Å²) in [6.45, 7) is 7.46. The Labute approximate surface area is 207 Å². The first-order valence-electron chi connectivity index (χ1n) is 12.3. The van der Waals surface area contributed by atoms with E-state index in [0.717, 1.165) is 11.1 Å². The van der Waals surface area contributed by atoms with Gasteiger partial charge in [0.15, 0.2) is 0 Å². The first kappa shape index (κ1) is 26.3. The van der Waals surface area contributed by atoms with Crippen LogP contribution in [0.4, 0.5) is 4.79 Å². The molecule has 7 nitrogen and oxygen atoms in total. The summed E-state index contributed by atoms with van der Waals surface area (Å²) >= 11 is 0. The maximum absolute atomic E-state index is 12.8. The molecule has 2 aromatic carbocycles. The van der Waals surface area contributed by atoms with Crippen molar-refractivity contribution >= 4 is 18.0 Å². The van der Waals surface area contributed by atoms with Crippen molar-refractivity contribution in [2.75, 3.05) is 26.2 Å². The molecule has 0 saturated heterocycles. The highest BCUT2D eigenvalue weighted by atomic mass is 16.5. The molecular weight excluding hydrogens is 444 g/mol. The lowest BCUT2D eigenvalue weighted by Gasteiger charge is -2.28. The van der Waals surface area contributed by atoms with Crippen LogP contribution in [0.1, 0.15) is 63.5 Å². The van der Waals surface area contributed by atoms with E-state index in [4.69, 9.17) is 9.84 Å². The molecule has 0 saturated carbocycles. The van der Waals surface area contributed by atoms with E-state index in [-0.39, 0.29) is 31.3 Å². The zero-order valence-corrected chi connectivity index (χ0v) is 20.9. The molecule has 0 aliphatic heterocycles. The predicted octanol–water partition coefficient (Wildman–Crippen LogP) is 5.04. The molecule has 0 radical (unpaired) electrons. The molecule has 35 heavy (non-hydrogen) atoms. The Morgan fingerprint density at radius 2 is 1.60 bits per heavy atom. The smallest absolute Gasteiger partial charge is 0.407 e. The van der Waals surface area contributed by atoms with Crippen LogP contribution in [0.15, 0.2) is 48.5 Å². The highest BCUT2D eigenvalue weighted by Crippen LogP contribution is 2.44. The number of nitrogens with one attached hydrogen (secondary N) is 1. The SMILES string of the molecule is CCN(CCCCC(=O)O)C(=O)CC(C)(C)CNC(=O)OCC1c2ccccc2-c2ccccc21. The molecule has 1 aliphatic carbocycles. The largest absolute Gasteiger partial charge is 0.481 e. The number of aliphatic carboxylic acids is 1. The van der Waals surface area contributed by atoms with E-state index in [1.165, 1.54) is 11.1 Å². The molecule has 0 fully saturated rings. The number of hydrogen-bond donors (Lipinski definition) is 2. The van der Waals surface area contributed by atoms with E-state index in [1.54, 1.807) is 4.90 Å². The van der Waals surface area contributed by atoms with Gasteiger partial charge in [-0.3, -0.25) is 9.59 Å². The van der Waals surface area contributed by atoms with Crippen LogP contribution in [0.25, 0.3) is 11.1 Å². The molecule has 7 heteroatoms. The zero-order chi connectivity index (χ0) is 25.4. The highest BCUT2D eigenvalue weighted by Gasteiger charge is 2.30. The summed E-state index contributed by atoms with van der Waals surface area (Å²) in [6.07, 6.45) is 1.11. The number of hydrogen-bond acceptors (Lipinski definition) is 4. The van der Waals surface area contributed by atoms with Gasteiger partial charge in [0.2, 0.25) is 5.91 Å². The first-order chi connectivity index (χ1) is 16.7. The highest BCUT2D eigenvalue weighted by molar-refractivity contribution is 5.79. The van der Waals surface area contributed by atoms with Crippen molar-refractivity contribution in [3.05, 3.63) is 59.7 Å². The Morgan fingerprint density at radius 1 is 1.00 bits per heavy atom. The van der Waals surface area contributed by atoms with Gasteiger partial charge in [-0.2, -0.15) is 0 Å². The van der Waals surface area contributed by atoms with Crippen LogP contribution in [0.5, 0.6) is 0 Å². The van der Waals surface area contributed by atoms with Gasteiger partial charge in [-0.15, -0.1) is 0 Å². The molecule has 0 aromatic heterocycles. The number of fused-ring (bicyclic) bond motifs is 3. The Kier molecular flexibility index (Phi) is 8.90. The fourth-order valence-electron chi connectivity index (χ4n) is 4.58. The third-order valence-corrected chi connectivity index (χ3v) is 6.49. The zero-order valence-electron chi connectivity index (χ0n) is 20.9. The standard InChI is InChI=1S/C28H36N2O5/c1-4-30(16-10-9-15-26(32)33)25(31)17-28(2,3)19-29-27(34)35-18-24-22-13-7-5-11-20(22)21-12-6-8-14-23(21)24/h5-8,11-14,24H,4,9-10,15-19H2,1-3H3,(H,29,34)(H,32,33). The minimum atomic E-state index is -0.820. The van der Waals surface area contributed by atoms with Crippen LogP contribution in [0.3, 0.4) is 0 Å². The summed E-state index contributed by atoms with van der Waals surface area (Å²) in [5.41, 5.74) is 4.24. The quantitative estimate of drug-likeness (QED) is 0.415. The number of carboxylic acids is 1. The Balaban J connectivity index is 1.47. The fourth-order valence-corrected chi connectivity index (χ4v) is 4.58. The van der Waals surface area contributed by atoms with E-state index in [2.05, 4.69) is 29.6 Å². The maximum atomic E-state index is 12.8. The van der Waals surface area contributed by atoms with Crippen molar-refractivity contribution in [2.24, 2.45) is 5.41 Å². The lowest BCUT2D eigenvalue weighted by molar-refractivity contribution is -0.137. The minimum absolute atomic E-state index is 0.00183. The van der Waals surface area contributed by atoms with Gasteiger partial charge in [0.1, 0.15) is 6.61 Å². The third kappa shape index (κ3) is 7.07. The van der Waals surface area contributed by atoms with Gasteiger partial charge < -0.3 is 20.1 Å². The molecule has 0 atom stereocenters. The number of rotatable bonds is 12. The second-order valence-electron chi connectivity index (χ2n) is 9.84. The molecule has 2 N–H and O–H groups in total. The summed E-state index contributed by atoms with van der Waals surface area (Å²) in [7, 11) is 0. The van der Waals surface area contributed by atoms with Gasteiger partial charge in [0.05, 0.1) is 0 Å². The molecule has 0 spiro atoms. The summed E-state index contributed by atoms with van der Waals surface area (Å²) in [4.78, 5) is 37.7. The molecular formula is C28H36N2O5. The van der Waals surface area contributed by atoms with Gasteiger partial charge in [-0.25, -0.2) is 4.79 Å². The van der Waals surface area contributed by atoms with Crippen molar-refractivity contribution < 1.29 is 24.2 Å². The van der Waals surface area contributed by atoms with Crippen LogP contribution in [0, 0.1) is 5.41 Å². The molecule has 2 aromatic rings. The number of ether oxygens (including phenoxy) is 1. The Morgan fingerprint density at radius 3 is 2.17 bits per heavy atom. The molecule has 1 aliphatic rings. The third-order valence-electron chi connectivity index (χ3n) is 6.49. The number of nitrogens with zero attached hydrogens (tertiary/aromatic N) is 1. The van der Waals surface area contributed by atoms with Crippen molar-refractivity contribution in [3.8, 4) is 11.1 Å². The monoisotopic (exact) mass is 480 g/mol. The lowest BCUT2D eigenvalue weighted by Crippen LogP contribution is -2.40. The van der Waals surface area contributed by atoms with Crippen LogP contribution < -0.4 is 5.32 Å². The number of carbonyl (C=O) groups is 3. The number of benzene rings is 2. The van der Waals surface area contributed by atoms with E-state index >= 15 is 0 Å². The molecule has 0 unspecified atom stereocenters. The normalized spacial score (nSPS) is 12.5. The van der Waals surface area contributed by atoms with E-state index in [0.29, 0.717) is 32.5 Å². The topological polar surface area (TPSA) is 95.9 Å². The summed E-state index contributed by atoms with van der Waals surface area (Å²) in [5, 5.41) is 11.6. The average Bonchev–Trinajstić information content (AvgIpc) is 3.14. The lowest BCUT2D eigenvalue weighted by atomic mass is 9.88. The van der Waals surface area contributed by atoms with Crippen LogP contribution >= 0.6 is 0 Å². The van der Waals surface area contributed by atoms with Crippen LogP contribution in [-0.2, 0) is 14.3 Å². The molecule has 0 heterocycles. The second-order valence-corrected chi connectivity index (χ2v) is 9.84. The molecule has 188 valence electrons. The fraction of sp³-hybridized carbons (Fsp3) is 0.464. The summed E-state index contributed by atoms with van der Waals surface area (Å²) < 4.78 is 5.60. The van der Waals surface area contributed by atoms with Gasteiger partial charge in [0.25, 0.3) is 0 Å². The number of carbonyl (C=O) groups excluding carboxylic acids is 2. The predicted molar refractivity (Wildman–Crippen MR) is 135 cm³/mol. The van der Waals surface area contributed by atoms with Crippen molar-refractivity contribution in [2.45, 2.75) is 52.4 Å². The second kappa shape index (κ2) is 11.9. The van der Waals surface area contributed by atoms with Crippen LogP contribution in [0.2, 0.25) is 0 Å². The van der Waals surface area contributed by atoms with Crippen molar-refractivity contribution in [3.63, 3.8) is 0 Å². The van der Waals surface area contributed by atoms with E-state index in [9.17, 15) is 14.4 Å².